The first-order chi connectivity index (χ1) is 9.92. The highest BCUT2D eigenvalue weighted by Crippen LogP contribution is 2.13. The standard InChI is InChI=1S/C15H13FN2O2S/c1-11-2-5-14(16)8-13(11)10-18-21(19,20)15-6-3-12(9-17)4-7-15/h2-8,18H,10H2,1H3. The fourth-order valence-electron chi connectivity index (χ4n) is 1.80. The molecule has 0 unspecified atom stereocenters. The summed E-state index contributed by atoms with van der Waals surface area (Å²) in [5.74, 6) is -0.409. The van der Waals surface area contributed by atoms with Gasteiger partial charge in [0.1, 0.15) is 5.82 Å². The van der Waals surface area contributed by atoms with Crippen molar-refractivity contribution >= 4 is 10.0 Å². The summed E-state index contributed by atoms with van der Waals surface area (Å²) in [6.07, 6.45) is 0. The lowest BCUT2D eigenvalue weighted by Crippen LogP contribution is -2.23. The Balaban J connectivity index is 2.17. The van der Waals surface area contributed by atoms with Crippen molar-refractivity contribution in [2.75, 3.05) is 0 Å². The van der Waals surface area contributed by atoms with Gasteiger partial charge in [-0.1, -0.05) is 6.07 Å². The SMILES string of the molecule is Cc1ccc(F)cc1CNS(=O)(=O)c1ccc(C#N)cc1. The van der Waals surface area contributed by atoms with E-state index in [9.17, 15) is 12.8 Å². The monoisotopic (exact) mass is 304 g/mol. The largest absolute Gasteiger partial charge is 0.240 e. The summed E-state index contributed by atoms with van der Waals surface area (Å²) in [5.41, 5.74) is 1.76. The summed E-state index contributed by atoms with van der Waals surface area (Å²) in [7, 11) is -3.69. The van der Waals surface area contributed by atoms with Crippen LogP contribution in [0.2, 0.25) is 0 Å². The fraction of sp³-hybridized carbons (Fsp3) is 0.133. The number of nitrogens with one attached hydrogen (secondary N) is 1. The van der Waals surface area contributed by atoms with Crippen LogP contribution in [0.3, 0.4) is 0 Å². The molecule has 0 radical (unpaired) electrons. The summed E-state index contributed by atoms with van der Waals surface area (Å²) < 4.78 is 39.8. The van der Waals surface area contributed by atoms with Crippen molar-refractivity contribution < 1.29 is 12.8 Å². The van der Waals surface area contributed by atoms with Crippen LogP contribution in [0.4, 0.5) is 4.39 Å². The molecule has 0 aliphatic carbocycles. The van der Waals surface area contributed by atoms with Crippen LogP contribution in [0.25, 0.3) is 0 Å². The van der Waals surface area contributed by atoms with E-state index in [2.05, 4.69) is 4.72 Å². The molecule has 0 bridgehead atoms. The molecule has 0 saturated heterocycles. The van der Waals surface area contributed by atoms with Crippen LogP contribution in [0, 0.1) is 24.1 Å². The smallest absolute Gasteiger partial charge is 0.207 e. The Morgan fingerprint density at radius 2 is 1.86 bits per heavy atom. The Labute approximate surface area is 122 Å². The van der Waals surface area contributed by atoms with Crippen molar-refractivity contribution in [1.82, 2.24) is 4.72 Å². The minimum atomic E-state index is -3.69. The van der Waals surface area contributed by atoms with E-state index in [0.29, 0.717) is 11.1 Å². The van der Waals surface area contributed by atoms with Gasteiger partial charge in [0.05, 0.1) is 16.5 Å². The maximum absolute atomic E-state index is 13.2. The van der Waals surface area contributed by atoms with E-state index in [-0.39, 0.29) is 11.4 Å². The van der Waals surface area contributed by atoms with Crippen molar-refractivity contribution in [3.63, 3.8) is 0 Å². The molecule has 0 spiro atoms. The van der Waals surface area contributed by atoms with Crippen LogP contribution in [0.1, 0.15) is 16.7 Å². The van der Waals surface area contributed by atoms with Crippen molar-refractivity contribution in [2.24, 2.45) is 0 Å². The number of nitrogens with zero attached hydrogens (tertiary/aromatic N) is 1. The van der Waals surface area contributed by atoms with E-state index < -0.39 is 15.8 Å². The molecule has 1 N–H and O–H groups in total. The number of halogens is 1. The lowest BCUT2D eigenvalue weighted by Gasteiger charge is -2.09. The molecule has 0 atom stereocenters. The lowest BCUT2D eigenvalue weighted by molar-refractivity contribution is 0.580. The highest BCUT2D eigenvalue weighted by Gasteiger charge is 2.14. The molecule has 2 aromatic carbocycles. The van der Waals surface area contributed by atoms with Gasteiger partial charge in [-0.05, 0) is 54.4 Å². The number of hydrogen-bond donors (Lipinski definition) is 1. The summed E-state index contributed by atoms with van der Waals surface area (Å²) in [4.78, 5) is 0.0653. The van der Waals surface area contributed by atoms with Crippen LogP contribution in [-0.2, 0) is 16.6 Å². The first-order valence-corrected chi connectivity index (χ1v) is 7.65. The number of aryl methyl sites for hydroxylation is 1. The second-order valence-corrected chi connectivity index (χ2v) is 6.30. The Morgan fingerprint density at radius 3 is 2.48 bits per heavy atom. The van der Waals surface area contributed by atoms with Gasteiger partial charge in [-0.25, -0.2) is 17.5 Å². The molecular weight excluding hydrogens is 291 g/mol. The van der Waals surface area contributed by atoms with E-state index in [0.717, 1.165) is 5.56 Å². The molecule has 108 valence electrons. The average Bonchev–Trinajstić information content (AvgIpc) is 2.48. The zero-order chi connectivity index (χ0) is 15.5. The summed E-state index contributed by atoms with van der Waals surface area (Å²) in [6.45, 7) is 1.79. The molecule has 0 aromatic heterocycles. The highest BCUT2D eigenvalue weighted by molar-refractivity contribution is 7.89. The molecule has 0 heterocycles. The zero-order valence-electron chi connectivity index (χ0n) is 11.3. The molecule has 0 amide bonds. The van der Waals surface area contributed by atoms with E-state index >= 15 is 0 Å². The second-order valence-electron chi connectivity index (χ2n) is 4.53. The Hall–Kier alpha value is -2.23. The fourth-order valence-corrected chi connectivity index (χ4v) is 2.80. The van der Waals surface area contributed by atoms with Crippen LogP contribution in [0.5, 0.6) is 0 Å². The van der Waals surface area contributed by atoms with Gasteiger partial charge < -0.3 is 0 Å². The highest BCUT2D eigenvalue weighted by atomic mass is 32.2. The number of sulfonamides is 1. The Bertz CT molecular complexity index is 793. The van der Waals surface area contributed by atoms with E-state index in [1.807, 2.05) is 6.07 Å². The van der Waals surface area contributed by atoms with Gasteiger partial charge in [-0.15, -0.1) is 0 Å². The molecular formula is C15H13FN2O2S. The molecule has 2 rings (SSSR count). The minimum absolute atomic E-state index is 0.00588. The van der Waals surface area contributed by atoms with Crippen molar-refractivity contribution in [1.29, 1.82) is 5.26 Å². The molecule has 21 heavy (non-hydrogen) atoms. The molecule has 6 heteroatoms. The van der Waals surface area contributed by atoms with Crippen molar-refractivity contribution in [3.8, 4) is 6.07 Å². The predicted octanol–water partition coefficient (Wildman–Crippen LogP) is 2.48. The van der Waals surface area contributed by atoms with Gasteiger partial charge in [0, 0.05) is 6.54 Å². The number of benzene rings is 2. The number of hydrogen-bond acceptors (Lipinski definition) is 3. The van der Waals surface area contributed by atoms with E-state index in [1.54, 1.807) is 13.0 Å². The second kappa shape index (κ2) is 6.04. The zero-order valence-corrected chi connectivity index (χ0v) is 12.1. The van der Waals surface area contributed by atoms with Crippen LogP contribution in [0.15, 0.2) is 47.4 Å². The first kappa shape index (κ1) is 15.2. The first-order valence-electron chi connectivity index (χ1n) is 6.17. The topological polar surface area (TPSA) is 70.0 Å². The van der Waals surface area contributed by atoms with Crippen LogP contribution in [-0.4, -0.2) is 8.42 Å². The normalized spacial score (nSPS) is 11.1. The minimum Gasteiger partial charge on any atom is -0.207 e. The third-order valence-corrected chi connectivity index (χ3v) is 4.47. The third kappa shape index (κ3) is 3.66. The van der Waals surface area contributed by atoms with E-state index in [1.165, 1.54) is 36.4 Å². The maximum Gasteiger partial charge on any atom is 0.240 e. The molecule has 2 aromatic rings. The lowest BCUT2D eigenvalue weighted by atomic mass is 10.1. The molecule has 4 nitrogen and oxygen atoms in total. The summed E-state index contributed by atoms with van der Waals surface area (Å²) in [6, 6.07) is 11.7. The summed E-state index contributed by atoms with van der Waals surface area (Å²) in [5, 5.41) is 8.69. The number of nitriles is 1. The van der Waals surface area contributed by atoms with Gasteiger partial charge in [0.2, 0.25) is 10.0 Å². The van der Waals surface area contributed by atoms with E-state index in [4.69, 9.17) is 5.26 Å². The maximum atomic E-state index is 13.2. The average molecular weight is 304 g/mol. The van der Waals surface area contributed by atoms with Gasteiger partial charge in [-0.3, -0.25) is 0 Å². The van der Waals surface area contributed by atoms with Gasteiger partial charge in [0.25, 0.3) is 0 Å². The Morgan fingerprint density at radius 1 is 1.19 bits per heavy atom. The molecule has 0 fully saturated rings. The Kier molecular flexibility index (Phi) is 4.36. The van der Waals surface area contributed by atoms with Crippen LogP contribution < -0.4 is 4.72 Å². The van der Waals surface area contributed by atoms with Gasteiger partial charge in [0.15, 0.2) is 0 Å². The van der Waals surface area contributed by atoms with Crippen molar-refractivity contribution in [3.05, 3.63) is 65.0 Å². The molecule has 0 aliphatic heterocycles. The van der Waals surface area contributed by atoms with Crippen molar-refractivity contribution in [2.45, 2.75) is 18.4 Å². The molecule has 0 saturated carbocycles. The number of rotatable bonds is 4. The molecule has 0 aliphatic rings. The third-order valence-electron chi connectivity index (χ3n) is 3.06. The van der Waals surface area contributed by atoms with Gasteiger partial charge in [-0.2, -0.15) is 5.26 Å². The summed E-state index contributed by atoms with van der Waals surface area (Å²) >= 11 is 0. The van der Waals surface area contributed by atoms with Crippen LogP contribution >= 0.6 is 0 Å². The van der Waals surface area contributed by atoms with Gasteiger partial charge >= 0.3 is 0 Å². The predicted molar refractivity (Wildman–Crippen MR) is 76.3 cm³/mol. The quantitative estimate of drug-likeness (QED) is 0.943.